The normalized spacial score (nSPS) is 11.6. The molecule has 0 bridgehead atoms. The number of hydrogen-bond donors (Lipinski definition) is 2. The Bertz CT molecular complexity index is 885. The molecule has 26 heavy (non-hydrogen) atoms. The molecule has 1 unspecified atom stereocenters. The average Bonchev–Trinajstić information content (AvgIpc) is 3.04. The second-order valence-electron chi connectivity index (χ2n) is 5.29. The molecular weight excluding hydrogens is 350 g/mol. The Morgan fingerprint density at radius 3 is 2.23 bits per heavy atom. The summed E-state index contributed by atoms with van der Waals surface area (Å²) in [5.74, 6) is -2.03. The number of carboxylic acids is 1. The van der Waals surface area contributed by atoms with Crippen LogP contribution in [-0.4, -0.2) is 36.6 Å². The van der Waals surface area contributed by atoms with Gasteiger partial charge in [0, 0.05) is 18.3 Å². The molecule has 1 amide bonds. The van der Waals surface area contributed by atoms with Gasteiger partial charge in [0.25, 0.3) is 11.4 Å². The van der Waals surface area contributed by atoms with Crippen molar-refractivity contribution >= 4 is 28.9 Å². The van der Waals surface area contributed by atoms with Gasteiger partial charge >= 0.3 is 5.97 Å². The summed E-state index contributed by atoms with van der Waals surface area (Å²) in [4.78, 5) is 44.0. The van der Waals surface area contributed by atoms with E-state index >= 15 is 0 Å². The van der Waals surface area contributed by atoms with E-state index in [1.165, 1.54) is 26.1 Å². The first-order valence-electron chi connectivity index (χ1n) is 7.14. The van der Waals surface area contributed by atoms with E-state index in [4.69, 9.17) is 5.11 Å². The highest BCUT2D eigenvalue weighted by molar-refractivity contribution is 5.95. The van der Waals surface area contributed by atoms with E-state index in [9.17, 15) is 29.8 Å². The minimum absolute atomic E-state index is 0.147. The molecule has 136 valence electrons. The predicted molar refractivity (Wildman–Crippen MR) is 87.0 cm³/mol. The van der Waals surface area contributed by atoms with Gasteiger partial charge in [-0.25, -0.2) is 9.48 Å². The number of hydrogen-bond acceptors (Lipinski definition) is 7. The largest absolute Gasteiger partial charge is 0.477 e. The highest BCUT2D eigenvalue weighted by Gasteiger charge is 2.26. The van der Waals surface area contributed by atoms with Crippen LogP contribution < -0.4 is 5.32 Å². The first-order chi connectivity index (χ1) is 12.1. The number of aromatic nitrogens is 2. The standard InChI is InChI=1S/C14H13N5O7/c1-7-11(18(23)24)5-9(6-12(7)19(25)26)16-13(20)8(2)17-10(14(21)22)3-4-15-17/h3-6,8H,1-2H3,(H,16,20)(H,21,22). The number of nitro benzene ring substituents is 2. The van der Waals surface area contributed by atoms with Crippen molar-refractivity contribution in [3.8, 4) is 0 Å². The topological polar surface area (TPSA) is 171 Å². The van der Waals surface area contributed by atoms with Crippen molar-refractivity contribution in [1.82, 2.24) is 9.78 Å². The van der Waals surface area contributed by atoms with Crippen LogP contribution in [0.1, 0.15) is 29.0 Å². The first kappa shape index (κ1) is 18.5. The number of carbonyl (C=O) groups is 2. The average molecular weight is 363 g/mol. The van der Waals surface area contributed by atoms with Gasteiger partial charge < -0.3 is 10.4 Å². The van der Waals surface area contributed by atoms with Crippen LogP contribution in [0.2, 0.25) is 0 Å². The van der Waals surface area contributed by atoms with Gasteiger partial charge in [0.05, 0.1) is 15.5 Å². The molecule has 0 radical (unpaired) electrons. The lowest BCUT2D eigenvalue weighted by Crippen LogP contribution is -2.26. The Kier molecular flexibility index (Phi) is 4.96. The number of carboxylic acid groups (broad SMARTS) is 1. The molecule has 1 aromatic heterocycles. The monoisotopic (exact) mass is 363 g/mol. The number of nitrogens with one attached hydrogen (secondary N) is 1. The third kappa shape index (κ3) is 3.48. The van der Waals surface area contributed by atoms with Crippen molar-refractivity contribution in [3.05, 3.63) is 55.9 Å². The molecule has 12 heteroatoms. The van der Waals surface area contributed by atoms with Gasteiger partial charge in [0.15, 0.2) is 0 Å². The molecule has 2 rings (SSSR count). The van der Waals surface area contributed by atoms with Gasteiger partial charge in [0.1, 0.15) is 17.3 Å². The van der Waals surface area contributed by atoms with Crippen molar-refractivity contribution in [2.24, 2.45) is 0 Å². The minimum atomic E-state index is -1.29. The number of rotatable bonds is 6. The van der Waals surface area contributed by atoms with E-state index in [0.717, 1.165) is 16.8 Å². The lowest BCUT2D eigenvalue weighted by atomic mass is 10.1. The fourth-order valence-electron chi connectivity index (χ4n) is 2.29. The smallest absolute Gasteiger partial charge is 0.354 e. The Morgan fingerprint density at radius 1 is 1.23 bits per heavy atom. The molecule has 0 aliphatic heterocycles. The summed E-state index contributed by atoms with van der Waals surface area (Å²) < 4.78 is 0.953. The highest BCUT2D eigenvalue weighted by atomic mass is 16.6. The van der Waals surface area contributed by atoms with Crippen LogP contribution >= 0.6 is 0 Å². The van der Waals surface area contributed by atoms with E-state index in [2.05, 4.69) is 10.4 Å². The van der Waals surface area contributed by atoms with Crippen molar-refractivity contribution < 1.29 is 24.5 Å². The molecule has 0 aliphatic rings. The van der Waals surface area contributed by atoms with Gasteiger partial charge in [-0.1, -0.05) is 0 Å². The Balaban J connectivity index is 2.36. The number of aromatic carboxylic acids is 1. The SMILES string of the molecule is Cc1c([N+](=O)[O-])cc(NC(=O)C(C)n2nccc2C(=O)O)cc1[N+](=O)[O-]. The molecule has 0 saturated carbocycles. The summed E-state index contributed by atoms with van der Waals surface area (Å²) in [5.41, 5.74) is -1.57. The van der Waals surface area contributed by atoms with Crippen LogP contribution in [0.25, 0.3) is 0 Å². The van der Waals surface area contributed by atoms with Gasteiger partial charge in [0.2, 0.25) is 5.91 Å². The molecule has 2 N–H and O–H groups in total. The molecular formula is C14H13N5O7. The zero-order valence-corrected chi connectivity index (χ0v) is 13.6. The summed E-state index contributed by atoms with van der Waals surface area (Å²) in [7, 11) is 0. The minimum Gasteiger partial charge on any atom is -0.477 e. The molecule has 0 saturated heterocycles. The van der Waals surface area contributed by atoms with Gasteiger partial charge in [-0.05, 0) is 19.9 Å². The molecule has 1 heterocycles. The number of nitrogens with zero attached hydrogens (tertiary/aromatic N) is 4. The van der Waals surface area contributed by atoms with Crippen molar-refractivity contribution in [2.75, 3.05) is 5.32 Å². The Hall–Kier alpha value is -3.83. The van der Waals surface area contributed by atoms with E-state index in [-0.39, 0.29) is 16.9 Å². The number of benzene rings is 1. The van der Waals surface area contributed by atoms with E-state index in [0.29, 0.717) is 0 Å². The fraction of sp³-hybridized carbons (Fsp3) is 0.214. The van der Waals surface area contributed by atoms with Gasteiger partial charge in [-0.15, -0.1) is 0 Å². The molecule has 1 aromatic carbocycles. The maximum Gasteiger partial charge on any atom is 0.354 e. The summed E-state index contributed by atoms with van der Waals surface area (Å²) in [6.07, 6.45) is 1.20. The lowest BCUT2D eigenvalue weighted by molar-refractivity contribution is -0.395. The lowest BCUT2D eigenvalue weighted by Gasteiger charge is -2.14. The van der Waals surface area contributed by atoms with Crippen LogP contribution in [-0.2, 0) is 4.79 Å². The van der Waals surface area contributed by atoms with Crippen molar-refractivity contribution in [2.45, 2.75) is 19.9 Å². The van der Waals surface area contributed by atoms with Crippen LogP contribution in [0.4, 0.5) is 17.1 Å². The Morgan fingerprint density at radius 2 is 1.77 bits per heavy atom. The Labute approximate surface area is 145 Å². The molecule has 2 aromatic rings. The third-order valence-corrected chi connectivity index (χ3v) is 3.65. The molecule has 0 fully saturated rings. The summed E-state index contributed by atoms with van der Waals surface area (Å²) in [6.45, 7) is 2.60. The number of nitro groups is 2. The number of amides is 1. The van der Waals surface area contributed by atoms with E-state index < -0.39 is 39.1 Å². The van der Waals surface area contributed by atoms with Gasteiger partial charge in [-0.3, -0.25) is 25.0 Å². The first-order valence-corrected chi connectivity index (χ1v) is 7.14. The highest BCUT2D eigenvalue weighted by Crippen LogP contribution is 2.32. The third-order valence-electron chi connectivity index (χ3n) is 3.65. The predicted octanol–water partition coefficient (Wildman–Crippen LogP) is 1.91. The molecule has 0 aliphatic carbocycles. The summed E-state index contributed by atoms with van der Waals surface area (Å²) >= 11 is 0. The van der Waals surface area contributed by atoms with Crippen LogP contribution in [0.5, 0.6) is 0 Å². The summed E-state index contributed by atoms with van der Waals surface area (Å²) in [5, 5.41) is 37.3. The second-order valence-corrected chi connectivity index (χ2v) is 5.29. The molecule has 1 atom stereocenters. The summed E-state index contributed by atoms with van der Waals surface area (Å²) in [6, 6.07) is 2.12. The molecule has 0 spiro atoms. The molecule has 12 nitrogen and oxygen atoms in total. The van der Waals surface area contributed by atoms with Crippen molar-refractivity contribution in [3.63, 3.8) is 0 Å². The number of anilines is 1. The zero-order chi connectivity index (χ0) is 19.6. The van der Waals surface area contributed by atoms with Gasteiger partial charge in [-0.2, -0.15) is 5.10 Å². The quantitative estimate of drug-likeness (QED) is 0.578. The number of carbonyl (C=O) groups excluding carboxylic acids is 1. The van der Waals surface area contributed by atoms with E-state index in [1.807, 2.05) is 0 Å². The maximum absolute atomic E-state index is 12.3. The van der Waals surface area contributed by atoms with Crippen molar-refractivity contribution in [1.29, 1.82) is 0 Å². The fourth-order valence-corrected chi connectivity index (χ4v) is 2.29. The maximum atomic E-state index is 12.3. The van der Waals surface area contributed by atoms with E-state index in [1.54, 1.807) is 0 Å². The van der Waals surface area contributed by atoms with Crippen LogP contribution in [0.3, 0.4) is 0 Å². The zero-order valence-electron chi connectivity index (χ0n) is 13.6. The second kappa shape index (κ2) is 6.96. The van der Waals surface area contributed by atoms with Crippen LogP contribution in [0, 0.1) is 27.2 Å². The van der Waals surface area contributed by atoms with Crippen LogP contribution in [0.15, 0.2) is 24.4 Å².